The van der Waals surface area contributed by atoms with E-state index in [9.17, 15) is 10.2 Å². The predicted octanol–water partition coefficient (Wildman–Crippen LogP) is 2.38. The van der Waals surface area contributed by atoms with Crippen molar-refractivity contribution in [1.82, 2.24) is 4.90 Å². The second kappa shape index (κ2) is 4.77. The fourth-order valence-electron chi connectivity index (χ4n) is 7.86. The summed E-state index contributed by atoms with van der Waals surface area (Å²) in [5, 5.41) is 21.9. The first-order chi connectivity index (χ1) is 13.2. The summed E-state index contributed by atoms with van der Waals surface area (Å²) in [6.07, 6.45) is 7.12. The minimum Gasteiger partial charge on any atom is -0.504 e. The third kappa shape index (κ3) is 1.54. The van der Waals surface area contributed by atoms with E-state index in [0.717, 1.165) is 25.8 Å². The molecule has 1 saturated heterocycles. The number of phenolic OH excluding ortho intramolecular Hbond substituents is 1. The van der Waals surface area contributed by atoms with Gasteiger partial charge >= 0.3 is 0 Å². The highest BCUT2D eigenvalue weighted by Gasteiger charge is 2.80. The molecular weight excluding hydrogens is 354 g/mol. The molecule has 2 aliphatic heterocycles. The summed E-state index contributed by atoms with van der Waals surface area (Å²) in [6.45, 7) is 4.79. The molecule has 150 valence electrons. The van der Waals surface area contributed by atoms with Crippen LogP contribution in [0.4, 0.5) is 0 Å². The molecule has 2 fully saturated rings. The van der Waals surface area contributed by atoms with Gasteiger partial charge in [-0.05, 0) is 58.3 Å². The average Bonchev–Trinajstić information content (AvgIpc) is 3.03. The lowest BCUT2D eigenvalue weighted by atomic mass is 9.36. The summed E-state index contributed by atoms with van der Waals surface area (Å²) in [5.74, 6) is 0.789. The number of nitrogens with zero attached hydrogens (tertiary/aromatic N) is 1. The number of hydrogen-bond acceptors (Lipinski definition) is 5. The van der Waals surface area contributed by atoms with Crippen LogP contribution in [0.1, 0.15) is 37.8 Å². The molecule has 2 N–H and O–H groups in total. The van der Waals surface area contributed by atoms with Crippen LogP contribution in [-0.4, -0.2) is 59.2 Å². The minimum atomic E-state index is -0.900. The summed E-state index contributed by atoms with van der Waals surface area (Å²) in [7, 11) is 3.96. The van der Waals surface area contributed by atoms with Crippen molar-refractivity contribution in [3.63, 3.8) is 0 Å². The highest BCUT2D eigenvalue weighted by Crippen LogP contribution is 2.75. The second-order valence-corrected chi connectivity index (χ2v) is 10.2. The van der Waals surface area contributed by atoms with Gasteiger partial charge < -0.3 is 24.6 Å². The maximum atomic E-state index is 11.2. The molecule has 4 bridgehead atoms. The number of benzene rings is 1. The number of likely N-dealkylation sites (N-methyl/N-ethyl adjacent to an activating group) is 1. The molecule has 0 radical (unpaired) electrons. The van der Waals surface area contributed by atoms with E-state index in [1.54, 1.807) is 13.2 Å². The lowest BCUT2D eigenvalue weighted by Crippen LogP contribution is -2.80. The van der Waals surface area contributed by atoms with Crippen molar-refractivity contribution in [3.8, 4) is 11.5 Å². The lowest BCUT2D eigenvalue weighted by molar-refractivity contribution is -0.243. The van der Waals surface area contributed by atoms with Gasteiger partial charge in [0.15, 0.2) is 11.5 Å². The van der Waals surface area contributed by atoms with Gasteiger partial charge in [0.1, 0.15) is 11.7 Å². The Morgan fingerprint density at radius 3 is 2.79 bits per heavy atom. The summed E-state index contributed by atoms with van der Waals surface area (Å²) < 4.78 is 12.9. The van der Waals surface area contributed by atoms with E-state index in [-0.39, 0.29) is 28.6 Å². The molecule has 6 aliphatic rings. The average molecular weight is 383 g/mol. The van der Waals surface area contributed by atoms with E-state index in [1.807, 2.05) is 13.8 Å². The SMILES string of the molecule is CO[C@@]12C=C[C@@]3(C[C@H]1C(C)(C)O)[C@H]1Cc4ccc(O)c5c4[C@@]3(CCN1C)[C@H]2O5. The van der Waals surface area contributed by atoms with Crippen LogP contribution in [-0.2, 0) is 16.6 Å². The number of aliphatic hydroxyl groups is 1. The maximum Gasteiger partial charge on any atom is 0.165 e. The fraction of sp³-hybridized carbons (Fsp3) is 0.652. The van der Waals surface area contributed by atoms with Crippen LogP contribution < -0.4 is 4.74 Å². The Balaban J connectivity index is 1.71. The van der Waals surface area contributed by atoms with Gasteiger partial charge in [0, 0.05) is 30.0 Å². The molecule has 0 unspecified atom stereocenters. The molecule has 5 nitrogen and oxygen atoms in total. The number of likely N-dealkylation sites (tertiary alicyclic amines) is 1. The van der Waals surface area contributed by atoms with Crippen molar-refractivity contribution in [2.24, 2.45) is 11.3 Å². The summed E-state index contributed by atoms with van der Waals surface area (Å²) in [4.78, 5) is 2.49. The Morgan fingerprint density at radius 2 is 2.07 bits per heavy atom. The van der Waals surface area contributed by atoms with Gasteiger partial charge in [0.05, 0.1) is 11.0 Å². The van der Waals surface area contributed by atoms with Gasteiger partial charge in [-0.15, -0.1) is 0 Å². The molecule has 1 saturated carbocycles. The third-order valence-corrected chi connectivity index (χ3v) is 8.93. The Kier molecular flexibility index (Phi) is 2.95. The second-order valence-electron chi connectivity index (χ2n) is 10.2. The number of rotatable bonds is 2. The molecule has 5 heteroatoms. The molecule has 6 atom stereocenters. The molecule has 0 amide bonds. The molecule has 2 heterocycles. The molecule has 2 spiro atoms. The zero-order valence-corrected chi connectivity index (χ0v) is 17.0. The summed E-state index contributed by atoms with van der Waals surface area (Å²) in [5.41, 5.74) is 0.565. The predicted molar refractivity (Wildman–Crippen MR) is 105 cm³/mol. The van der Waals surface area contributed by atoms with E-state index in [1.165, 1.54) is 11.1 Å². The van der Waals surface area contributed by atoms with Crippen molar-refractivity contribution in [3.05, 3.63) is 35.4 Å². The number of piperidine rings is 1. The van der Waals surface area contributed by atoms with Gasteiger partial charge in [0.25, 0.3) is 0 Å². The summed E-state index contributed by atoms with van der Waals surface area (Å²) in [6, 6.07) is 4.21. The smallest absolute Gasteiger partial charge is 0.165 e. The molecule has 1 aromatic carbocycles. The Morgan fingerprint density at radius 1 is 1.29 bits per heavy atom. The standard InChI is InChI=1S/C23H29NO4/c1-20(2,26)15-12-21-7-8-23(15,27-4)19-22(21)9-10-24(3)16(21)11-13-5-6-14(25)18(28-19)17(13)22/h5-8,15-16,19,25-26H,9-12H2,1-4H3/t15-,16+,19+,21+,22-,23-/m0/s1. The van der Waals surface area contributed by atoms with Gasteiger partial charge in [-0.2, -0.15) is 0 Å². The first-order valence-corrected chi connectivity index (χ1v) is 10.4. The summed E-state index contributed by atoms with van der Waals surface area (Å²) >= 11 is 0. The van der Waals surface area contributed by atoms with Crippen molar-refractivity contribution in [2.75, 3.05) is 20.7 Å². The van der Waals surface area contributed by atoms with Gasteiger partial charge in [0.2, 0.25) is 0 Å². The van der Waals surface area contributed by atoms with E-state index >= 15 is 0 Å². The molecule has 1 aromatic rings. The van der Waals surface area contributed by atoms with Gasteiger partial charge in [-0.25, -0.2) is 0 Å². The number of phenols is 1. The number of ether oxygens (including phenoxy) is 2. The van der Waals surface area contributed by atoms with Crippen LogP contribution in [0.15, 0.2) is 24.3 Å². The first kappa shape index (κ1) is 17.3. The fourth-order valence-corrected chi connectivity index (χ4v) is 7.86. The monoisotopic (exact) mass is 383 g/mol. The van der Waals surface area contributed by atoms with Crippen molar-refractivity contribution < 1.29 is 19.7 Å². The van der Waals surface area contributed by atoms with Gasteiger partial charge in [-0.3, -0.25) is 0 Å². The van der Waals surface area contributed by atoms with Crippen LogP contribution in [0, 0.1) is 11.3 Å². The molecule has 7 rings (SSSR count). The van der Waals surface area contributed by atoms with Crippen molar-refractivity contribution >= 4 is 0 Å². The number of fused-ring (bicyclic) bond motifs is 1. The molecule has 0 aromatic heterocycles. The zero-order chi connectivity index (χ0) is 19.7. The van der Waals surface area contributed by atoms with E-state index in [2.05, 4.69) is 30.2 Å². The van der Waals surface area contributed by atoms with Crippen LogP contribution >= 0.6 is 0 Å². The minimum absolute atomic E-state index is 0.0832. The van der Waals surface area contributed by atoms with Crippen LogP contribution in [0.5, 0.6) is 11.5 Å². The molecular formula is C23H29NO4. The third-order valence-electron chi connectivity index (χ3n) is 8.93. The number of hydrogen-bond donors (Lipinski definition) is 2. The van der Waals surface area contributed by atoms with E-state index < -0.39 is 11.2 Å². The Bertz CT molecular complexity index is 920. The first-order valence-electron chi connectivity index (χ1n) is 10.4. The normalized spacial score (nSPS) is 45.1. The van der Waals surface area contributed by atoms with Gasteiger partial charge in [-0.1, -0.05) is 18.2 Å². The van der Waals surface area contributed by atoms with E-state index in [4.69, 9.17) is 9.47 Å². The maximum absolute atomic E-state index is 11.2. The van der Waals surface area contributed by atoms with Crippen LogP contribution in [0.3, 0.4) is 0 Å². The highest BCUT2D eigenvalue weighted by molar-refractivity contribution is 5.65. The van der Waals surface area contributed by atoms with Crippen molar-refractivity contribution in [2.45, 2.75) is 61.9 Å². The Labute approximate surface area is 165 Å². The topological polar surface area (TPSA) is 62.2 Å². The number of aromatic hydroxyl groups is 1. The highest BCUT2D eigenvalue weighted by atomic mass is 16.6. The quantitative estimate of drug-likeness (QED) is 0.768. The van der Waals surface area contributed by atoms with Crippen molar-refractivity contribution in [1.29, 1.82) is 0 Å². The zero-order valence-electron chi connectivity index (χ0n) is 17.0. The molecule has 28 heavy (non-hydrogen) atoms. The van der Waals surface area contributed by atoms with Crippen LogP contribution in [0.2, 0.25) is 0 Å². The lowest BCUT2D eigenvalue weighted by Gasteiger charge is -2.72. The number of methoxy groups -OCH3 is 1. The largest absolute Gasteiger partial charge is 0.504 e. The Hall–Kier alpha value is -1.56. The van der Waals surface area contributed by atoms with E-state index in [0.29, 0.717) is 11.8 Å². The molecule has 4 aliphatic carbocycles. The van der Waals surface area contributed by atoms with Crippen LogP contribution in [0.25, 0.3) is 0 Å².